The first kappa shape index (κ1) is 21.4. The van der Waals surface area contributed by atoms with Crippen molar-refractivity contribution in [1.29, 1.82) is 0 Å². The van der Waals surface area contributed by atoms with Gasteiger partial charge < -0.3 is 5.32 Å². The van der Waals surface area contributed by atoms with E-state index in [-0.39, 0.29) is 22.5 Å². The molecule has 30 heavy (non-hydrogen) atoms. The molecule has 0 saturated carbocycles. The van der Waals surface area contributed by atoms with Crippen LogP contribution >= 0.6 is 11.6 Å². The van der Waals surface area contributed by atoms with Gasteiger partial charge in [0.15, 0.2) is 5.82 Å². The third kappa shape index (κ3) is 4.16. The second-order valence-electron chi connectivity index (χ2n) is 5.60. The van der Waals surface area contributed by atoms with E-state index in [9.17, 15) is 26.4 Å². The lowest BCUT2D eigenvalue weighted by molar-refractivity contribution is -0.0436. The minimum atomic E-state index is -5.70. The maximum atomic E-state index is 12.8. The maximum absolute atomic E-state index is 12.8. The van der Waals surface area contributed by atoms with Gasteiger partial charge in [0.1, 0.15) is 6.33 Å². The fourth-order valence-electron chi connectivity index (χ4n) is 2.24. The number of carbonyl (C=O) groups is 1. The van der Waals surface area contributed by atoms with E-state index in [1.54, 1.807) is 6.07 Å². The Morgan fingerprint density at radius 3 is 2.43 bits per heavy atom. The number of halogens is 4. The van der Waals surface area contributed by atoms with Gasteiger partial charge in [0.05, 0.1) is 10.6 Å². The van der Waals surface area contributed by atoms with Gasteiger partial charge in [0, 0.05) is 23.0 Å². The van der Waals surface area contributed by atoms with Gasteiger partial charge in [-0.05, 0) is 24.3 Å². The Kier molecular flexibility index (Phi) is 5.59. The lowest BCUT2D eigenvalue weighted by atomic mass is 10.2. The van der Waals surface area contributed by atoms with Crippen molar-refractivity contribution in [2.24, 2.45) is 0 Å². The average Bonchev–Trinajstić information content (AvgIpc) is 3.17. The molecular formula is C16H10ClF3N6O3S. The summed E-state index contributed by atoms with van der Waals surface area (Å²) in [7, 11) is -5.70. The zero-order chi connectivity index (χ0) is 22.1. The third-order valence-corrected chi connectivity index (χ3v) is 5.26. The van der Waals surface area contributed by atoms with Crippen LogP contribution in [0.1, 0.15) is 16.2 Å². The highest BCUT2D eigenvalue weighted by Gasteiger charge is 2.47. The first-order chi connectivity index (χ1) is 14.0. The Labute approximate surface area is 172 Å². The highest BCUT2D eigenvalue weighted by atomic mass is 35.5. The highest BCUT2D eigenvalue weighted by molar-refractivity contribution is 7.92. The fourth-order valence-corrected chi connectivity index (χ4v) is 3.37. The van der Waals surface area contributed by atoms with Gasteiger partial charge in [-0.15, -0.1) is 0 Å². The SMILES string of the molecule is C=C(NC(=O)c1cc(Cl)cc(S(=O)(=O)C(F)(F)F)c1)c1ncnn1-c1ncccn1. The van der Waals surface area contributed by atoms with E-state index >= 15 is 0 Å². The summed E-state index contributed by atoms with van der Waals surface area (Å²) in [6.45, 7) is 3.64. The molecule has 1 amide bonds. The number of nitrogens with zero attached hydrogens (tertiary/aromatic N) is 5. The van der Waals surface area contributed by atoms with Crippen molar-refractivity contribution >= 4 is 33.0 Å². The van der Waals surface area contributed by atoms with Crippen molar-refractivity contribution in [3.05, 3.63) is 66.0 Å². The monoisotopic (exact) mass is 458 g/mol. The summed E-state index contributed by atoms with van der Waals surface area (Å²) in [6.07, 6.45) is 4.05. The van der Waals surface area contributed by atoms with Crippen molar-refractivity contribution in [3.8, 4) is 5.95 Å². The topological polar surface area (TPSA) is 120 Å². The molecule has 156 valence electrons. The van der Waals surface area contributed by atoms with Gasteiger partial charge in [0.25, 0.3) is 21.7 Å². The first-order valence-corrected chi connectivity index (χ1v) is 9.67. The van der Waals surface area contributed by atoms with Gasteiger partial charge in [-0.2, -0.15) is 23.0 Å². The van der Waals surface area contributed by atoms with Gasteiger partial charge in [-0.25, -0.2) is 23.4 Å². The number of carbonyl (C=O) groups excluding carboxylic acids is 1. The van der Waals surface area contributed by atoms with Gasteiger partial charge in [-0.1, -0.05) is 18.2 Å². The molecule has 3 aromatic rings. The van der Waals surface area contributed by atoms with Gasteiger partial charge in [-0.3, -0.25) is 4.79 Å². The molecule has 0 spiro atoms. The summed E-state index contributed by atoms with van der Waals surface area (Å²) in [4.78, 5) is 23.2. The molecule has 0 radical (unpaired) electrons. The van der Waals surface area contributed by atoms with Crippen molar-refractivity contribution in [1.82, 2.24) is 30.0 Å². The Bertz CT molecular complexity index is 1230. The molecule has 0 aliphatic carbocycles. The molecule has 0 bridgehead atoms. The Balaban J connectivity index is 1.89. The number of nitrogens with one attached hydrogen (secondary N) is 1. The summed E-state index contributed by atoms with van der Waals surface area (Å²) in [5, 5.41) is 5.85. The van der Waals surface area contributed by atoms with Crippen molar-refractivity contribution < 1.29 is 26.4 Å². The predicted octanol–water partition coefficient (Wildman–Crippen LogP) is 2.40. The molecule has 2 heterocycles. The summed E-state index contributed by atoms with van der Waals surface area (Å²) in [5.41, 5.74) is -6.08. The van der Waals surface area contributed by atoms with Crippen LogP contribution in [0, 0.1) is 0 Å². The molecule has 3 rings (SSSR count). The highest BCUT2D eigenvalue weighted by Crippen LogP contribution is 2.32. The van der Waals surface area contributed by atoms with Crippen LogP contribution in [0.15, 0.2) is 54.5 Å². The van der Waals surface area contributed by atoms with Crippen LogP contribution in [0.4, 0.5) is 13.2 Å². The van der Waals surface area contributed by atoms with E-state index < -0.39 is 31.7 Å². The number of hydrogen-bond donors (Lipinski definition) is 1. The lowest BCUT2D eigenvalue weighted by Gasteiger charge is -2.12. The normalized spacial score (nSPS) is 11.9. The fraction of sp³-hybridized carbons (Fsp3) is 0.0625. The molecule has 14 heteroatoms. The zero-order valence-corrected chi connectivity index (χ0v) is 16.2. The number of benzene rings is 1. The van der Waals surface area contributed by atoms with E-state index in [4.69, 9.17) is 11.6 Å². The van der Waals surface area contributed by atoms with E-state index in [0.717, 1.165) is 12.4 Å². The summed E-state index contributed by atoms with van der Waals surface area (Å²) < 4.78 is 62.8. The van der Waals surface area contributed by atoms with Crippen LogP contribution in [0.2, 0.25) is 5.02 Å². The van der Waals surface area contributed by atoms with E-state index in [0.29, 0.717) is 12.1 Å². The van der Waals surface area contributed by atoms with Gasteiger partial charge >= 0.3 is 5.51 Å². The summed E-state index contributed by atoms with van der Waals surface area (Å²) >= 11 is 5.71. The second kappa shape index (κ2) is 7.84. The van der Waals surface area contributed by atoms with E-state index in [1.807, 2.05) is 0 Å². The molecule has 0 aliphatic heterocycles. The lowest BCUT2D eigenvalue weighted by Crippen LogP contribution is -2.26. The maximum Gasteiger partial charge on any atom is 0.501 e. The summed E-state index contributed by atoms with van der Waals surface area (Å²) in [5.74, 6) is -0.800. The van der Waals surface area contributed by atoms with E-state index in [2.05, 4.69) is 31.9 Å². The number of sulfone groups is 1. The Morgan fingerprint density at radius 1 is 1.13 bits per heavy atom. The second-order valence-corrected chi connectivity index (χ2v) is 7.98. The number of rotatable bonds is 5. The molecule has 2 aromatic heterocycles. The Morgan fingerprint density at radius 2 is 1.80 bits per heavy atom. The van der Waals surface area contributed by atoms with Crippen molar-refractivity contribution in [3.63, 3.8) is 0 Å². The molecule has 1 N–H and O–H groups in total. The minimum absolute atomic E-state index is 0.0414. The van der Waals surface area contributed by atoms with Crippen molar-refractivity contribution in [2.45, 2.75) is 10.4 Å². The molecule has 9 nitrogen and oxygen atoms in total. The van der Waals surface area contributed by atoms with Crippen LogP contribution in [0.25, 0.3) is 11.6 Å². The van der Waals surface area contributed by atoms with E-state index in [1.165, 1.54) is 17.1 Å². The Hall–Kier alpha value is -3.32. The molecular weight excluding hydrogens is 449 g/mol. The molecule has 1 aromatic carbocycles. The molecule has 0 atom stereocenters. The summed E-state index contributed by atoms with van der Waals surface area (Å²) in [6, 6.07) is 3.73. The largest absolute Gasteiger partial charge is 0.501 e. The molecule has 0 aliphatic rings. The van der Waals surface area contributed by atoms with Crippen LogP contribution < -0.4 is 5.32 Å². The predicted molar refractivity (Wildman–Crippen MR) is 98.1 cm³/mol. The number of amides is 1. The molecule has 0 saturated heterocycles. The van der Waals surface area contributed by atoms with Crippen LogP contribution in [-0.4, -0.2) is 44.6 Å². The third-order valence-electron chi connectivity index (χ3n) is 3.57. The van der Waals surface area contributed by atoms with Crippen molar-refractivity contribution in [2.75, 3.05) is 0 Å². The van der Waals surface area contributed by atoms with Gasteiger partial charge in [0.2, 0.25) is 0 Å². The number of alkyl halides is 3. The quantitative estimate of drug-likeness (QED) is 0.623. The zero-order valence-electron chi connectivity index (χ0n) is 14.6. The standard InChI is InChI=1S/C16H10ClF3N6O3S/c1-9(13-23-8-24-26(13)15-21-3-2-4-22-15)25-14(27)10-5-11(17)7-12(6-10)30(28,29)16(18,19)20/h2-8H,1H2,(H,25,27). The first-order valence-electron chi connectivity index (χ1n) is 7.80. The molecule has 0 unspecified atom stereocenters. The minimum Gasteiger partial charge on any atom is -0.319 e. The molecule has 0 fully saturated rings. The smallest absolute Gasteiger partial charge is 0.319 e. The van der Waals surface area contributed by atoms with Crippen LogP contribution in [0.5, 0.6) is 0 Å². The number of aromatic nitrogens is 5. The van der Waals surface area contributed by atoms with Crippen LogP contribution in [0.3, 0.4) is 0 Å². The average molecular weight is 459 g/mol. The van der Waals surface area contributed by atoms with Crippen LogP contribution in [-0.2, 0) is 9.84 Å². The number of hydrogen-bond acceptors (Lipinski definition) is 7.